The summed E-state index contributed by atoms with van der Waals surface area (Å²) in [6.45, 7) is 3.64. The summed E-state index contributed by atoms with van der Waals surface area (Å²) >= 11 is 0. The van der Waals surface area contributed by atoms with Crippen LogP contribution in [-0.4, -0.2) is 26.9 Å². The van der Waals surface area contributed by atoms with Crippen LogP contribution in [0.3, 0.4) is 0 Å². The van der Waals surface area contributed by atoms with E-state index in [4.69, 9.17) is 4.42 Å². The molecule has 3 aromatic rings. The highest BCUT2D eigenvalue weighted by molar-refractivity contribution is 5.96. The molecular weight excluding hydrogens is 342 g/mol. The van der Waals surface area contributed by atoms with Crippen molar-refractivity contribution in [2.24, 2.45) is 0 Å². The lowest BCUT2D eigenvalue weighted by atomic mass is 9.95. The van der Waals surface area contributed by atoms with Gasteiger partial charge in [0, 0.05) is 6.04 Å². The zero-order valence-corrected chi connectivity index (χ0v) is 15.6. The van der Waals surface area contributed by atoms with Crippen molar-refractivity contribution in [3.8, 4) is 0 Å². The third kappa shape index (κ3) is 3.77. The van der Waals surface area contributed by atoms with Gasteiger partial charge in [-0.25, -0.2) is 9.97 Å². The second-order valence-corrected chi connectivity index (χ2v) is 7.01. The van der Waals surface area contributed by atoms with Crippen molar-refractivity contribution in [3.63, 3.8) is 0 Å². The quantitative estimate of drug-likeness (QED) is 0.725. The number of hydrogen-bond donors (Lipinski definition) is 2. The molecule has 0 radical (unpaired) electrons. The molecule has 1 fully saturated rings. The van der Waals surface area contributed by atoms with Gasteiger partial charge in [-0.15, -0.1) is 0 Å². The van der Waals surface area contributed by atoms with E-state index in [9.17, 15) is 4.79 Å². The fourth-order valence-electron chi connectivity index (χ4n) is 3.63. The maximum Gasteiger partial charge on any atom is 0.302 e. The number of carbonyl (C=O) groups excluding carboxylic acids is 1. The molecule has 0 unspecified atom stereocenters. The molecule has 0 spiro atoms. The minimum atomic E-state index is -0.0923. The fraction of sp³-hybridized carbons (Fsp3) is 0.400. The van der Waals surface area contributed by atoms with Crippen LogP contribution in [0, 0.1) is 13.8 Å². The Morgan fingerprint density at radius 3 is 2.44 bits per heavy atom. The number of anilines is 2. The highest BCUT2D eigenvalue weighted by Crippen LogP contribution is 2.22. The molecule has 2 aromatic heterocycles. The molecule has 27 heavy (non-hydrogen) atoms. The van der Waals surface area contributed by atoms with E-state index in [0.29, 0.717) is 34.5 Å². The van der Waals surface area contributed by atoms with Gasteiger partial charge in [0.05, 0.1) is 17.0 Å². The first kappa shape index (κ1) is 17.5. The number of amides is 1. The van der Waals surface area contributed by atoms with Crippen LogP contribution in [-0.2, 0) is 0 Å². The summed E-state index contributed by atoms with van der Waals surface area (Å²) in [6.07, 6.45) is 5.69. The lowest BCUT2D eigenvalue weighted by molar-refractivity contribution is 0.0925. The first-order chi connectivity index (χ1) is 13.1. The normalized spacial score (nSPS) is 15.0. The number of aromatic nitrogens is 3. The van der Waals surface area contributed by atoms with Crippen LogP contribution in [0.15, 0.2) is 28.7 Å². The Labute approximate surface area is 157 Å². The zero-order valence-electron chi connectivity index (χ0n) is 15.6. The minimum Gasteiger partial charge on any atom is -0.423 e. The van der Waals surface area contributed by atoms with Crippen LogP contribution in [0.25, 0.3) is 11.1 Å². The van der Waals surface area contributed by atoms with Gasteiger partial charge in [-0.05, 0) is 38.8 Å². The van der Waals surface area contributed by atoms with Crippen molar-refractivity contribution in [1.29, 1.82) is 0 Å². The second kappa shape index (κ2) is 7.34. The van der Waals surface area contributed by atoms with E-state index in [-0.39, 0.29) is 11.9 Å². The highest BCUT2D eigenvalue weighted by Gasteiger charge is 2.21. The standard InChI is InChI=1S/C20H23N5O2/c1-12-17(18(26)23-14-8-4-3-5-9-14)13(2)22-19(21-12)25-20-24-15-10-6-7-11-16(15)27-20/h6-7,10-11,14H,3-5,8-9H2,1-2H3,(H,23,26)(H,21,22,24,25). The van der Waals surface area contributed by atoms with E-state index in [1.165, 1.54) is 19.3 Å². The molecular formula is C20H23N5O2. The van der Waals surface area contributed by atoms with E-state index in [0.717, 1.165) is 18.4 Å². The molecule has 2 heterocycles. The lowest BCUT2D eigenvalue weighted by Crippen LogP contribution is -2.37. The number of nitrogens with one attached hydrogen (secondary N) is 2. The molecule has 4 rings (SSSR count). The van der Waals surface area contributed by atoms with Crippen molar-refractivity contribution in [1.82, 2.24) is 20.3 Å². The van der Waals surface area contributed by atoms with Crippen LogP contribution < -0.4 is 10.6 Å². The molecule has 2 N–H and O–H groups in total. The van der Waals surface area contributed by atoms with E-state index in [1.807, 2.05) is 38.1 Å². The van der Waals surface area contributed by atoms with Crippen molar-refractivity contribution < 1.29 is 9.21 Å². The summed E-state index contributed by atoms with van der Waals surface area (Å²) in [5.41, 5.74) is 3.27. The van der Waals surface area contributed by atoms with Crippen molar-refractivity contribution >= 4 is 29.0 Å². The topological polar surface area (TPSA) is 92.9 Å². The summed E-state index contributed by atoms with van der Waals surface area (Å²) < 4.78 is 5.65. The summed E-state index contributed by atoms with van der Waals surface area (Å²) in [6, 6.07) is 8.10. The van der Waals surface area contributed by atoms with Crippen molar-refractivity contribution in [2.45, 2.75) is 52.0 Å². The molecule has 0 atom stereocenters. The monoisotopic (exact) mass is 365 g/mol. The van der Waals surface area contributed by atoms with Gasteiger partial charge in [0.25, 0.3) is 5.91 Å². The lowest BCUT2D eigenvalue weighted by Gasteiger charge is -2.23. The van der Waals surface area contributed by atoms with Crippen LogP contribution >= 0.6 is 0 Å². The van der Waals surface area contributed by atoms with Gasteiger partial charge in [-0.3, -0.25) is 10.1 Å². The zero-order chi connectivity index (χ0) is 18.8. The first-order valence-electron chi connectivity index (χ1n) is 9.39. The Balaban J connectivity index is 1.53. The molecule has 1 aliphatic rings. The molecule has 0 saturated heterocycles. The maximum atomic E-state index is 12.7. The van der Waals surface area contributed by atoms with E-state index >= 15 is 0 Å². The molecule has 0 aliphatic heterocycles. The Hall–Kier alpha value is -2.96. The molecule has 140 valence electrons. The highest BCUT2D eigenvalue weighted by atomic mass is 16.4. The van der Waals surface area contributed by atoms with Gasteiger partial charge in [-0.2, -0.15) is 4.98 Å². The average molecular weight is 365 g/mol. The molecule has 0 bridgehead atoms. The number of benzene rings is 1. The predicted octanol–water partition coefficient (Wildman–Crippen LogP) is 4.04. The summed E-state index contributed by atoms with van der Waals surface area (Å²) in [5, 5.41) is 6.12. The second-order valence-electron chi connectivity index (χ2n) is 7.01. The Bertz CT molecular complexity index is 919. The van der Waals surface area contributed by atoms with Crippen LogP contribution in [0.2, 0.25) is 0 Å². The molecule has 1 aromatic carbocycles. The number of carbonyl (C=O) groups is 1. The molecule has 1 aliphatic carbocycles. The largest absolute Gasteiger partial charge is 0.423 e. The van der Waals surface area contributed by atoms with Gasteiger partial charge in [0.15, 0.2) is 5.58 Å². The number of fused-ring (bicyclic) bond motifs is 1. The van der Waals surface area contributed by atoms with Gasteiger partial charge in [0.1, 0.15) is 5.52 Å². The molecule has 7 nitrogen and oxygen atoms in total. The Morgan fingerprint density at radius 1 is 1.04 bits per heavy atom. The maximum absolute atomic E-state index is 12.7. The molecule has 1 saturated carbocycles. The van der Waals surface area contributed by atoms with Crippen molar-refractivity contribution in [3.05, 3.63) is 41.2 Å². The fourth-order valence-corrected chi connectivity index (χ4v) is 3.63. The van der Waals surface area contributed by atoms with Crippen LogP contribution in [0.1, 0.15) is 53.8 Å². The van der Waals surface area contributed by atoms with Crippen LogP contribution in [0.4, 0.5) is 12.0 Å². The van der Waals surface area contributed by atoms with E-state index in [2.05, 4.69) is 25.6 Å². The predicted molar refractivity (Wildman–Crippen MR) is 103 cm³/mol. The third-order valence-corrected chi connectivity index (χ3v) is 4.95. The van der Waals surface area contributed by atoms with Crippen molar-refractivity contribution in [2.75, 3.05) is 5.32 Å². The van der Waals surface area contributed by atoms with Gasteiger partial charge < -0.3 is 9.73 Å². The number of rotatable bonds is 4. The Morgan fingerprint density at radius 2 is 1.74 bits per heavy atom. The van der Waals surface area contributed by atoms with E-state index < -0.39 is 0 Å². The third-order valence-electron chi connectivity index (χ3n) is 4.95. The average Bonchev–Trinajstić information content (AvgIpc) is 3.04. The number of hydrogen-bond acceptors (Lipinski definition) is 6. The van der Waals surface area contributed by atoms with E-state index in [1.54, 1.807) is 0 Å². The summed E-state index contributed by atoms with van der Waals surface area (Å²) in [7, 11) is 0. The smallest absolute Gasteiger partial charge is 0.302 e. The number of aryl methyl sites for hydroxylation is 2. The van der Waals surface area contributed by atoms with Gasteiger partial charge in [-0.1, -0.05) is 31.4 Å². The number of oxazole rings is 1. The van der Waals surface area contributed by atoms with Gasteiger partial charge in [0.2, 0.25) is 5.95 Å². The SMILES string of the molecule is Cc1nc(Nc2nc3ccccc3o2)nc(C)c1C(=O)NC1CCCCC1. The minimum absolute atomic E-state index is 0.0923. The number of para-hydroxylation sites is 2. The molecule has 1 amide bonds. The summed E-state index contributed by atoms with van der Waals surface area (Å²) in [4.78, 5) is 25.9. The Kier molecular flexibility index (Phi) is 4.75. The van der Waals surface area contributed by atoms with Crippen LogP contribution in [0.5, 0.6) is 0 Å². The van der Waals surface area contributed by atoms with Gasteiger partial charge >= 0.3 is 6.01 Å². The first-order valence-corrected chi connectivity index (χ1v) is 9.39. The molecule has 7 heteroatoms. The number of nitrogens with zero attached hydrogens (tertiary/aromatic N) is 3. The summed E-state index contributed by atoms with van der Waals surface area (Å²) in [5.74, 6) is 0.274.